The van der Waals surface area contributed by atoms with Crippen LogP contribution in [0.4, 0.5) is 5.82 Å². The van der Waals surface area contributed by atoms with Crippen molar-refractivity contribution in [2.45, 2.75) is 27.2 Å². The number of hydrogen-bond donors (Lipinski definition) is 1. The van der Waals surface area contributed by atoms with E-state index in [0.717, 1.165) is 17.8 Å². The topological polar surface area (TPSA) is 67.6 Å². The predicted octanol–water partition coefficient (Wildman–Crippen LogP) is 2.91. The van der Waals surface area contributed by atoms with Crippen LogP contribution in [0.5, 0.6) is 0 Å². The highest BCUT2D eigenvalue weighted by atomic mass is 15.3. The predicted molar refractivity (Wildman–Crippen MR) is 75.9 cm³/mol. The maximum atomic E-state index is 8.79. The highest BCUT2D eigenvalue weighted by Crippen LogP contribution is 2.22. The first-order chi connectivity index (χ1) is 8.89. The van der Waals surface area contributed by atoms with E-state index >= 15 is 0 Å². The molecule has 0 spiro atoms. The molecule has 0 atom stereocenters. The fourth-order valence-electron chi connectivity index (χ4n) is 1.96. The fourth-order valence-corrected chi connectivity index (χ4v) is 1.96. The third-order valence-corrected chi connectivity index (χ3v) is 2.74. The Morgan fingerprint density at radius 1 is 1.26 bits per heavy atom. The zero-order chi connectivity index (χ0) is 14.0. The van der Waals surface area contributed by atoms with Crippen LogP contribution >= 0.6 is 0 Å². The van der Waals surface area contributed by atoms with Crippen LogP contribution < -0.4 is 5.73 Å². The number of aromatic nitrogens is 2. The Hall–Kier alpha value is -2.28. The van der Waals surface area contributed by atoms with Gasteiger partial charge in [0.1, 0.15) is 5.82 Å². The summed E-state index contributed by atoms with van der Waals surface area (Å²) in [5.74, 6) is 0.615. The molecule has 0 aliphatic carbocycles. The standard InChI is InChI=1S/C15H18N4/c1-15(2,3)9-12-8-14(17)19(18-12)13-6-4-11(10-16)5-7-13/h4-8H,9,17H2,1-3H3. The largest absolute Gasteiger partial charge is 0.384 e. The summed E-state index contributed by atoms with van der Waals surface area (Å²) in [7, 11) is 0. The molecule has 0 fully saturated rings. The zero-order valence-corrected chi connectivity index (χ0v) is 11.5. The van der Waals surface area contributed by atoms with Crippen LogP contribution in [0.2, 0.25) is 0 Å². The van der Waals surface area contributed by atoms with E-state index in [2.05, 4.69) is 31.9 Å². The first kappa shape index (κ1) is 13.2. The van der Waals surface area contributed by atoms with Crippen LogP contribution in [0.1, 0.15) is 32.0 Å². The molecule has 0 saturated carbocycles. The number of hydrogen-bond acceptors (Lipinski definition) is 3. The lowest BCUT2D eigenvalue weighted by Gasteiger charge is -2.15. The molecule has 98 valence electrons. The Morgan fingerprint density at radius 3 is 2.42 bits per heavy atom. The number of nitrogen functional groups attached to an aromatic ring is 1. The Bertz CT molecular complexity index is 609. The van der Waals surface area contributed by atoms with E-state index in [1.54, 1.807) is 16.8 Å². The molecule has 0 unspecified atom stereocenters. The summed E-state index contributed by atoms with van der Waals surface area (Å²) in [4.78, 5) is 0. The van der Waals surface area contributed by atoms with E-state index in [1.165, 1.54) is 0 Å². The number of benzene rings is 1. The van der Waals surface area contributed by atoms with Crippen molar-refractivity contribution in [2.24, 2.45) is 5.41 Å². The van der Waals surface area contributed by atoms with Crippen LogP contribution in [0.15, 0.2) is 30.3 Å². The molecule has 0 amide bonds. The summed E-state index contributed by atoms with van der Waals surface area (Å²) >= 11 is 0. The van der Waals surface area contributed by atoms with Gasteiger partial charge in [-0.2, -0.15) is 10.4 Å². The van der Waals surface area contributed by atoms with Gasteiger partial charge in [-0.1, -0.05) is 20.8 Å². The monoisotopic (exact) mass is 254 g/mol. The SMILES string of the molecule is CC(C)(C)Cc1cc(N)n(-c2ccc(C#N)cc2)n1. The van der Waals surface area contributed by atoms with Crippen LogP contribution in [0, 0.1) is 16.7 Å². The van der Waals surface area contributed by atoms with Gasteiger partial charge >= 0.3 is 0 Å². The van der Waals surface area contributed by atoms with Crippen molar-refractivity contribution < 1.29 is 0 Å². The van der Waals surface area contributed by atoms with Gasteiger partial charge in [-0.25, -0.2) is 4.68 Å². The molecule has 2 aromatic rings. The third-order valence-electron chi connectivity index (χ3n) is 2.74. The summed E-state index contributed by atoms with van der Waals surface area (Å²) < 4.78 is 1.71. The molecular formula is C15H18N4. The van der Waals surface area contributed by atoms with Crippen LogP contribution in [0.3, 0.4) is 0 Å². The molecule has 2 N–H and O–H groups in total. The van der Waals surface area contributed by atoms with Crippen molar-refractivity contribution in [2.75, 3.05) is 5.73 Å². The van der Waals surface area contributed by atoms with E-state index in [1.807, 2.05) is 18.2 Å². The summed E-state index contributed by atoms with van der Waals surface area (Å²) in [5.41, 5.74) is 8.66. The second kappa shape index (κ2) is 4.77. The molecule has 1 aromatic heterocycles. The van der Waals surface area contributed by atoms with Crippen LogP contribution in [0.25, 0.3) is 5.69 Å². The van der Waals surface area contributed by atoms with Gasteiger partial charge in [-0.3, -0.25) is 0 Å². The Kier molecular flexibility index (Phi) is 3.30. The molecule has 19 heavy (non-hydrogen) atoms. The van der Waals surface area contributed by atoms with Gasteiger partial charge in [0.2, 0.25) is 0 Å². The Morgan fingerprint density at radius 2 is 1.89 bits per heavy atom. The average Bonchev–Trinajstić information content (AvgIpc) is 2.68. The lowest BCUT2D eigenvalue weighted by Crippen LogP contribution is -2.10. The van der Waals surface area contributed by atoms with E-state index in [0.29, 0.717) is 11.4 Å². The third kappa shape index (κ3) is 3.14. The lowest BCUT2D eigenvalue weighted by atomic mass is 9.91. The Balaban J connectivity index is 2.32. The van der Waals surface area contributed by atoms with Gasteiger partial charge in [-0.05, 0) is 36.1 Å². The molecule has 0 bridgehead atoms. The van der Waals surface area contributed by atoms with E-state index in [9.17, 15) is 0 Å². The molecule has 0 saturated heterocycles. The molecule has 2 rings (SSSR count). The molecule has 0 aliphatic heterocycles. The summed E-state index contributed by atoms with van der Waals surface area (Å²) in [6.45, 7) is 6.51. The van der Waals surface area contributed by atoms with Gasteiger partial charge in [0.05, 0.1) is 23.0 Å². The minimum absolute atomic E-state index is 0.177. The number of nitriles is 1. The first-order valence-electron chi connectivity index (χ1n) is 6.24. The molecule has 4 heteroatoms. The second-order valence-corrected chi connectivity index (χ2v) is 5.87. The maximum Gasteiger partial charge on any atom is 0.127 e. The van der Waals surface area contributed by atoms with Gasteiger partial charge in [0.15, 0.2) is 0 Å². The van der Waals surface area contributed by atoms with Gasteiger partial charge < -0.3 is 5.73 Å². The van der Waals surface area contributed by atoms with Crippen LogP contribution in [-0.4, -0.2) is 9.78 Å². The van der Waals surface area contributed by atoms with Gasteiger partial charge in [0, 0.05) is 6.07 Å². The van der Waals surface area contributed by atoms with Crippen molar-refractivity contribution in [3.8, 4) is 11.8 Å². The molecular weight excluding hydrogens is 236 g/mol. The highest BCUT2D eigenvalue weighted by molar-refractivity contribution is 5.45. The minimum Gasteiger partial charge on any atom is -0.384 e. The molecule has 0 aliphatic rings. The average molecular weight is 254 g/mol. The van der Waals surface area contributed by atoms with Crippen molar-refractivity contribution in [3.05, 3.63) is 41.6 Å². The normalized spacial score (nSPS) is 11.3. The molecule has 1 aromatic carbocycles. The summed E-state index contributed by atoms with van der Waals surface area (Å²) in [6, 6.07) is 11.2. The van der Waals surface area contributed by atoms with Gasteiger partial charge in [-0.15, -0.1) is 0 Å². The maximum absolute atomic E-state index is 8.79. The highest BCUT2D eigenvalue weighted by Gasteiger charge is 2.15. The minimum atomic E-state index is 0.177. The molecule has 0 radical (unpaired) electrons. The van der Waals surface area contributed by atoms with Crippen molar-refractivity contribution in [1.29, 1.82) is 5.26 Å². The fraction of sp³-hybridized carbons (Fsp3) is 0.333. The van der Waals surface area contributed by atoms with E-state index < -0.39 is 0 Å². The zero-order valence-electron chi connectivity index (χ0n) is 11.5. The van der Waals surface area contributed by atoms with E-state index in [4.69, 9.17) is 11.0 Å². The van der Waals surface area contributed by atoms with Gasteiger partial charge in [0.25, 0.3) is 0 Å². The van der Waals surface area contributed by atoms with E-state index in [-0.39, 0.29) is 5.41 Å². The van der Waals surface area contributed by atoms with Crippen molar-refractivity contribution in [1.82, 2.24) is 9.78 Å². The second-order valence-electron chi connectivity index (χ2n) is 5.87. The smallest absolute Gasteiger partial charge is 0.127 e. The number of rotatable bonds is 2. The number of nitrogens with zero attached hydrogens (tertiary/aromatic N) is 3. The molecule has 1 heterocycles. The van der Waals surface area contributed by atoms with Crippen LogP contribution in [-0.2, 0) is 6.42 Å². The van der Waals surface area contributed by atoms with Crippen molar-refractivity contribution >= 4 is 5.82 Å². The summed E-state index contributed by atoms with van der Waals surface area (Å²) in [6.07, 6.45) is 0.875. The Labute approximate surface area is 113 Å². The number of anilines is 1. The summed E-state index contributed by atoms with van der Waals surface area (Å²) in [5, 5.41) is 13.3. The molecule has 4 nitrogen and oxygen atoms in total. The lowest BCUT2D eigenvalue weighted by molar-refractivity contribution is 0.405. The number of nitrogens with two attached hydrogens (primary N) is 1. The quantitative estimate of drug-likeness (QED) is 0.896. The first-order valence-corrected chi connectivity index (χ1v) is 6.24. The van der Waals surface area contributed by atoms with Crippen molar-refractivity contribution in [3.63, 3.8) is 0 Å².